The Morgan fingerprint density at radius 2 is 1.88 bits per heavy atom. The lowest BCUT2D eigenvalue weighted by Gasteiger charge is -2.05. The van der Waals surface area contributed by atoms with Crippen LogP contribution in [0.15, 0.2) is 55.0 Å². The fourth-order valence-electron chi connectivity index (χ4n) is 2.34. The van der Waals surface area contributed by atoms with E-state index in [0.717, 1.165) is 0 Å². The molecule has 3 heterocycles. The summed E-state index contributed by atoms with van der Waals surface area (Å²) in [6.07, 6.45) is 3.09. The Hall–Kier alpha value is -3.42. The number of anilines is 2. The van der Waals surface area contributed by atoms with E-state index in [-0.39, 0.29) is 12.4 Å². The van der Waals surface area contributed by atoms with Crippen LogP contribution in [0, 0.1) is 5.82 Å². The van der Waals surface area contributed by atoms with Crippen LogP contribution in [0.3, 0.4) is 0 Å². The molecule has 1 N–H and O–H groups in total. The van der Waals surface area contributed by atoms with Gasteiger partial charge >= 0.3 is 0 Å². The van der Waals surface area contributed by atoms with Gasteiger partial charge in [0.25, 0.3) is 0 Å². The highest BCUT2D eigenvalue weighted by molar-refractivity contribution is 5.83. The number of hydrogen-bond acceptors (Lipinski definition) is 6. The van der Waals surface area contributed by atoms with Gasteiger partial charge in [0, 0.05) is 11.8 Å². The zero-order valence-corrected chi connectivity index (χ0v) is 12.5. The molecule has 0 fully saturated rings. The molecule has 0 aliphatic carbocycles. The maximum atomic E-state index is 13.8. The summed E-state index contributed by atoms with van der Waals surface area (Å²) in [7, 11) is 0. The van der Waals surface area contributed by atoms with E-state index in [1.807, 2.05) is 18.2 Å². The molecule has 4 aromatic rings. The van der Waals surface area contributed by atoms with E-state index >= 15 is 0 Å². The van der Waals surface area contributed by atoms with Crippen LogP contribution in [-0.2, 0) is 6.54 Å². The van der Waals surface area contributed by atoms with Gasteiger partial charge in [0.15, 0.2) is 17.0 Å². The molecule has 3 aromatic heterocycles. The van der Waals surface area contributed by atoms with Crippen molar-refractivity contribution in [1.82, 2.24) is 29.9 Å². The van der Waals surface area contributed by atoms with Crippen LogP contribution in [0.5, 0.6) is 0 Å². The molecule has 7 nitrogen and oxygen atoms in total. The topological polar surface area (TPSA) is 81.4 Å². The SMILES string of the molecule is Fc1ccccc1Cn1nnc2c(Nc3ccccn3)ncnc21. The van der Waals surface area contributed by atoms with Gasteiger partial charge in [-0.1, -0.05) is 29.5 Å². The lowest BCUT2D eigenvalue weighted by molar-refractivity contribution is 0.582. The van der Waals surface area contributed by atoms with Crippen LogP contribution < -0.4 is 5.32 Å². The predicted octanol–water partition coefficient (Wildman–Crippen LogP) is 2.55. The van der Waals surface area contributed by atoms with Crippen molar-refractivity contribution >= 4 is 22.8 Å². The van der Waals surface area contributed by atoms with Crippen molar-refractivity contribution in [2.24, 2.45) is 0 Å². The van der Waals surface area contributed by atoms with Crippen molar-refractivity contribution < 1.29 is 4.39 Å². The average molecular weight is 321 g/mol. The smallest absolute Gasteiger partial charge is 0.184 e. The van der Waals surface area contributed by atoms with Crippen molar-refractivity contribution in [2.75, 3.05) is 5.32 Å². The highest BCUT2D eigenvalue weighted by Gasteiger charge is 2.13. The minimum atomic E-state index is -0.290. The van der Waals surface area contributed by atoms with Gasteiger partial charge in [-0.2, -0.15) is 0 Å². The Bertz CT molecular complexity index is 984. The summed E-state index contributed by atoms with van der Waals surface area (Å²) < 4.78 is 15.4. The highest BCUT2D eigenvalue weighted by Crippen LogP contribution is 2.20. The third kappa shape index (κ3) is 2.65. The van der Waals surface area contributed by atoms with E-state index in [4.69, 9.17) is 0 Å². The minimum absolute atomic E-state index is 0.239. The standard InChI is InChI=1S/C16H12FN7/c17-12-6-2-1-5-11(12)9-24-16-14(22-23-24)15(19-10-20-16)21-13-7-3-4-8-18-13/h1-8,10H,9H2,(H,18,19,20,21). The molecule has 1 aromatic carbocycles. The summed E-state index contributed by atoms with van der Waals surface area (Å²) >= 11 is 0. The van der Waals surface area contributed by atoms with Crippen LogP contribution >= 0.6 is 0 Å². The number of aromatic nitrogens is 6. The molecule has 0 amide bonds. The van der Waals surface area contributed by atoms with Gasteiger partial charge in [0.2, 0.25) is 0 Å². The van der Waals surface area contributed by atoms with Gasteiger partial charge < -0.3 is 5.32 Å². The number of pyridine rings is 1. The number of fused-ring (bicyclic) bond motifs is 1. The molecule has 0 bridgehead atoms. The number of rotatable bonds is 4. The molecule has 0 spiro atoms. The van der Waals surface area contributed by atoms with E-state index in [9.17, 15) is 4.39 Å². The van der Waals surface area contributed by atoms with Crippen molar-refractivity contribution in [1.29, 1.82) is 0 Å². The van der Waals surface area contributed by atoms with Crippen molar-refractivity contribution in [3.05, 3.63) is 66.4 Å². The van der Waals surface area contributed by atoms with E-state index in [1.165, 1.54) is 12.4 Å². The number of halogens is 1. The fourth-order valence-corrected chi connectivity index (χ4v) is 2.34. The Kier molecular flexibility index (Phi) is 3.54. The lowest BCUT2D eigenvalue weighted by Crippen LogP contribution is -2.05. The maximum Gasteiger partial charge on any atom is 0.184 e. The van der Waals surface area contributed by atoms with Gasteiger partial charge in [-0.25, -0.2) is 24.0 Å². The second kappa shape index (κ2) is 5.99. The third-order valence-corrected chi connectivity index (χ3v) is 3.49. The number of nitrogens with zero attached hydrogens (tertiary/aromatic N) is 6. The number of benzene rings is 1. The number of nitrogens with one attached hydrogen (secondary N) is 1. The molecule has 0 unspecified atom stereocenters. The first-order valence-electron chi connectivity index (χ1n) is 7.27. The quantitative estimate of drug-likeness (QED) is 0.622. The molecule has 4 rings (SSSR count). The molecule has 0 radical (unpaired) electrons. The largest absolute Gasteiger partial charge is 0.323 e. The van der Waals surface area contributed by atoms with E-state index in [2.05, 4.69) is 30.6 Å². The molecular weight excluding hydrogens is 309 g/mol. The second-order valence-corrected chi connectivity index (χ2v) is 5.07. The molecule has 8 heteroatoms. The van der Waals surface area contributed by atoms with Crippen molar-refractivity contribution in [2.45, 2.75) is 6.54 Å². The summed E-state index contributed by atoms with van der Waals surface area (Å²) in [5, 5.41) is 11.3. The Morgan fingerprint density at radius 3 is 2.71 bits per heavy atom. The lowest BCUT2D eigenvalue weighted by atomic mass is 10.2. The first kappa shape index (κ1) is 14.2. The average Bonchev–Trinajstić information content (AvgIpc) is 3.02. The molecule has 0 atom stereocenters. The summed E-state index contributed by atoms with van der Waals surface area (Å²) in [6, 6.07) is 12.1. The van der Waals surface area contributed by atoms with Crippen molar-refractivity contribution in [3.63, 3.8) is 0 Å². The molecule has 0 aliphatic rings. The van der Waals surface area contributed by atoms with Crippen LogP contribution in [-0.4, -0.2) is 29.9 Å². The Morgan fingerprint density at radius 1 is 1.00 bits per heavy atom. The zero-order valence-electron chi connectivity index (χ0n) is 12.5. The monoisotopic (exact) mass is 321 g/mol. The maximum absolute atomic E-state index is 13.8. The summed E-state index contributed by atoms with van der Waals surface area (Å²) in [6.45, 7) is 0.239. The second-order valence-electron chi connectivity index (χ2n) is 5.07. The molecule has 24 heavy (non-hydrogen) atoms. The summed E-state index contributed by atoms with van der Waals surface area (Å²) in [5.41, 5.74) is 1.54. The Balaban J connectivity index is 1.70. The highest BCUT2D eigenvalue weighted by atomic mass is 19.1. The van der Waals surface area contributed by atoms with Gasteiger partial charge in [-0.15, -0.1) is 5.10 Å². The van der Waals surface area contributed by atoms with Gasteiger partial charge in [0.1, 0.15) is 18.0 Å². The van der Waals surface area contributed by atoms with Gasteiger partial charge in [-0.3, -0.25) is 0 Å². The first-order valence-corrected chi connectivity index (χ1v) is 7.27. The Labute approximate surface area is 136 Å². The van der Waals surface area contributed by atoms with Gasteiger partial charge in [0.05, 0.1) is 6.54 Å². The normalized spacial score (nSPS) is 10.9. The number of hydrogen-bond donors (Lipinski definition) is 1. The molecule has 0 saturated carbocycles. The first-order chi connectivity index (χ1) is 11.8. The summed E-state index contributed by atoms with van der Waals surface area (Å²) in [4.78, 5) is 12.6. The van der Waals surface area contributed by atoms with Crippen LogP contribution in [0.4, 0.5) is 16.0 Å². The van der Waals surface area contributed by atoms with E-state index in [1.54, 1.807) is 29.1 Å². The summed E-state index contributed by atoms with van der Waals surface area (Å²) in [5.74, 6) is 0.849. The molecular formula is C16H12FN7. The van der Waals surface area contributed by atoms with Gasteiger partial charge in [-0.05, 0) is 18.2 Å². The molecule has 0 saturated heterocycles. The van der Waals surface area contributed by atoms with E-state index < -0.39 is 0 Å². The molecule has 0 aliphatic heterocycles. The van der Waals surface area contributed by atoms with E-state index in [0.29, 0.717) is 28.4 Å². The van der Waals surface area contributed by atoms with Crippen LogP contribution in [0.1, 0.15) is 5.56 Å². The minimum Gasteiger partial charge on any atom is -0.323 e. The van der Waals surface area contributed by atoms with Crippen LogP contribution in [0.25, 0.3) is 11.2 Å². The van der Waals surface area contributed by atoms with Crippen molar-refractivity contribution in [3.8, 4) is 0 Å². The third-order valence-electron chi connectivity index (χ3n) is 3.49. The van der Waals surface area contributed by atoms with Crippen LogP contribution in [0.2, 0.25) is 0 Å². The zero-order chi connectivity index (χ0) is 16.4. The molecule has 118 valence electrons. The predicted molar refractivity (Wildman–Crippen MR) is 86.1 cm³/mol. The fraction of sp³-hybridized carbons (Fsp3) is 0.0625.